The van der Waals surface area contributed by atoms with Gasteiger partial charge in [-0.2, -0.15) is 4.68 Å². The minimum atomic E-state index is -0.100. The molecule has 4 rings (SSSR count). The first kappa shape index (κ1) is 23.1. The number of benzene rings is 2. The highest BCUT2D eigenvalue weighted by Crippen LogP contribution is 2.30. The van der Waals surface area contributed by atoms with Crippen molar-refractivity contribution in [3.05, 3.63) is 58.9 Å². The second-order valence-electron chi connectivity index (χ2n) is 8.68. The third-order valence-corrected chi connectivity index (χ3v) is 6.10. The molecular formula is C25H32N6O2. The minimum absolute atomic E-state index is 0.0161. The Morgan fingerprint density at radius 3 is 2.58 bits per heavy atom. The molecule has 2 heterocycles. The van der Waals surface area contributed by atoms with Gasteiger partial charge in [0.1, 0.15) is 0 Å². The van der Waals surface area contributed by atoms with Crippen LogP contribution < -0.4 is 5.32 Å². The Labute approximate surface area is 194 Å². The first-order valence-corrected chi connectivity index (χ1v) is 11.6. The summed E-state index contributed by atoms with van der Waals surface area (Å²) in [7, 11) is 0. The average Bonchev–Trinajstić information content (AvgIpc) is 3.29. The van der Waals surface area contributed by atoms with Crippen LogP contribution in [0.5, 0.6) is 0 Å². The summed E-state index contributed by atoms with van der Waals surface area (Å²) in [5, 5.41) is 15.4. The summed E-state index contributed by atoms with van der Waals surface area (Å²) < 4.78 is 7.16. The maximum Gasteiger partial charge on any atom is 0.251 e. The van der Waals surface area contributed by atoms with Crippen molar-refractivity contribution in [3.8, 4) is 16.8 Å². The molecule has 1 saturated heterocycles. The van der Waals surface area contributed by atoms with Gasteiger partial charge in [0.05, 0.1) is 18.9 Å². The van der Waals surface area contributed by atoms with Crippen LogP contribution in [0.2, 0.25) is 0 Å². The molecule has 1 fully saturated rings. The molecule has 3 aromatic rings. The Morgan fingerprint density at radius 1 is 1.15 bits per heavy atom. The summed E-state index contributed by atoms with van der Waals surface area (Å²) >= 11 is 0. The maximum absolute atomic E-state index is 13.3. The lowest BCUT2D eigenvalue weighted by molar-refractivity contribution is 0.0342. The molecule has 1 N–H and O–H groups in total. The molecule has 8 nitrogen and oxygen atoms in total. The fourth-order valence-corrected chi connectivity index (χ4v) is 4.22. The molecule has 1 amide bonds. The van der Waals surface area contributed by atoms with Crippen molar-refractivity contribution in [2.45, 2.75) is 40.2 Å². The normalized spacial score (nSPS) is 15.4. The number of rotatable bonds is 7. The molecule has 1 aromatic heterocycles. The van der Waals surface area contributed by atoms with Crippen LogP contribution in [0.3, 0.4) is 0 Å². The van der Waals surface area contributed by atoms with Crippen molar-refractivity contribution in [1.82, 2.24) is 30.4 Å². The molecule has 0 aliphatic carbocycles. The van der Waals surface area contributed by atoms with E-state index < -0.39 is 0 Å². The molecule has 0 spiro atoms. The molecule has 0 radical (unpaired) electrons. The molecule has 174 valence electrons. The molecule has 33 heavy (non-hydrogen) atoms. The zero-order valence-corrected chi connectivity index (χ0v) is 19.8. The fourth-order valence-electron chi connectivity index (χ4n) is 4.22. The summed E-state index contributed by atoms with van der Waals surface area (Å²) in [5.74, 6) is 0.655. The number of aromatic nitrogens is 4. The summed E-state index contributed by atoms with van der Waals surface area (Å²) in [6.07, 6.45) is 0.694. The van der Waals surface area contributed by atoms with Crippen molar-refractivity contribution < 1.29 is 9.53 Å². The Kier molecular flexibility index (Phi) is 7.15. The van der Waals surface area contributed by atoms with Gasteiger partial charge in [0.15, 0.2) is 5.82 Å². The highest BCUT2D eigenvalue weighted by molar-refractivity contribution is 5.97. The van der Waals surface area contributed by atoms with Gasteiger partial charge in [-0.3, -0.25) is 9.69 Å². The third kappa shape index (κ3) is 5.29. The van der Waals surface area contributed by atoms with Gasteiger partial charge >= 0.3 is 0 Å². The van der Waals surface area contributed by atoms with Crippen LogP contribution in [0, 0.1) is 13.8 Å². The summed E-state index contributed by atoms with van der Waals surface area (Å²) in [4.78, 5) is 15.6. The number of hydrogen-bond acceptors (Lipinski definition) is 6. The van der Waals surface area contributed by atoms with Crippen molar-refractivity contribution in [1.29, 1.82) is 0 Å². The molecule has 0 saturated carbocycles. The highest BCUT2D eigenvalue weighted by atomic mass is 16.5. The zero-order chi connectivity index (χ0) is 23.4. The van der Waals surface area contributed by atoms with E-state index in [-0.39, 0.29) is 11.9 Å². The quantitative estimate of drug-likeness (QED) is 0.598. The molecule has 0 bridgehead atoms. The molecule has 8 heteroatoms. The number of carbonyl (C=O) groups is 1. The Balaban J connectivity index is 1.68. The molecule has 0 unspecified atom stereocenters. The second kappa shape index (κ2) is 10.2. The largest absolute Gasteiger partial charge is 0.379 e. The Bertz CT molecular complexity index is 1100. The number of nitrogens with zero attached hydrogens (tertiary/aromatic N) is 5. The lowest BCUT2D eigenvalue weighted by Gasteiger charge is -2.29. The van der Waals surface area contributed by atoms with Gasteiger partial charge in [0, 0.05) is 37.7 Å². The van der Waals surface area contributed by atoms with E-state index >= 15 is 0 Å². The van der Waals surface area contributed by atoms with Gasteiger partial charge < -0.3 is 10.1 Å². The molecule has 1 atom stereocenters. The van der Waals surface area contributed by atoms with Gasteiger partial charge in [0.25, 0.3) is 5.91 Å². The number of hydrogen-bond donors (Lipinski definition) is 1. The predicted octanol–water partition coefficient (Wildman–Crippen LogP) is 2.96. The lowest BCUT2D eigenvalue weighted by Crippen LogP contribution is -2.46. The monoisotopic (exact) mass is 448 g/mol. The highest BCUT2D eigenvalue weighted by Gasteiger charge is 2.20. The Hall–Kier alpha value is -3.10. The standard InChI is InChI=1S/C25H32N6O2/c1-5-24-27-28-29-31(24)23-15-21(14-22(19(23)4)20-8-6-17(2)7-9-20)25(32)26-18(3)16-30-10-12-33-13-11-30/h6-9,14-15,18H,5,10-13,16H2,1-4H3,(H,26,32)/t18-/m1/s1. The maximum atomic E-state index is 13.3. The number of amides is 1. The number of aryl methyl sites for hydroxylation is 2. The molecule has 1 aliphatic rings. The van der Waals surface area contributed by atoms with E-state index in [9.17, 15) is 4.79 Å². The van der Waals surface area contributed by atoms with E-state index in [1.807, 2.05) is 32.9 Å². The minimum Gasteiger partial charge on any atom is -0.379 e. The smallest absolute Gasteiger partial charge is 0.251 e. The van der Waals surface area contributed by atoms with Crippen LogP contribution in [0.15, 0.2) is 36.4 Å². The zero-order valence-electron chi connectivity index (χ0n) is 19.8. The van der Waals surface area contributed by atoms with Crippen LogP contribution in [-0.2, 0) is 11.2 Å². The van der Waals surface area contributed by atoms with Crippen LogP contribution >= 0.6 is 0 Å². The topological polar surface area (TPSA) is 85.2 Å². The van der Waals surface area contributed by atoms with Crippen LogP contribution in [0.1, 0.15) is 41.2 Å². The van der Waals surface area contributed by atoms with Gasteiger partial charge in [-0.05, 0) is 60.0 Å². The second-order valence-corrected chi connectivity index (χ2v) is 8.68. The van der Waals surface area contributed by atoms with E-state index in [2.05, 4.69) is 56.9 Å². The van der Waals surface area contributed by atoms with Crippen molar-refractivity contribution in [2.24, 2.45) is 0 Å². The number of nitrogens with one attached hydrogen (secondary N) is 1. The van der Waals surface area contributed by atoms with Crippen molar-refractivity contribution in [2.75, 3.05) is 32.8 Å². The third-order valence-electron chi connectivity index (χ3n) is 6.10. The van der Waals surface area contributed by atoms with Gasteiger partial charge in [0.2, 0.25) is 0 Å². The predicted molar refractivity (Wildman–Crippen MR) is 128 cm³/mol. The fraction of sp³-hybridized carbons (Fsp3) is 0.440. The van der Waals surface area contributed by atoms with E-state index in [1.54, 1.807) is 4.68 Å². The van der Waals surface area contributed by atoms with Gasteiger partial charge in [-0.15, -0.1) is 5.10 Å². The first-order valence-electron chi connectivity index (χ1n) is 11.6. The molecular weight excluding hydrogens is 416 g/mol. The molecule has 1 aliphatic heterocycles. The van der Waals surface area contributed by atoms with Crippen molar-refractivity contribution >= 4 is 5.91 Å². The Morgan fingerprint density at radius 2 is 1.88 bits per heavy atom. The summed E-state index contributed by atoms with van der Waals surface area (Å²) in [6.45, 7) is 12.2. The average molecular weight is 449 g/mol. The van der Waals surface area contributed by atoms with Gasteiger partial charge in [-0.25, -0.2) is 0 Å². The number of ether oxygens (including phenoxy) is 1. The summed E-state index contributed by atoms with van der Waals surface area (Å²) in [5.41, 5.74) is 5.69. The van der Waals surface area contributed by atoms with E-state index in [4.69, 9.17) is 4.74 Å². The first-order chi connectivity index (χ1) is 16.0. The number of tetrazole rings is 1. The van der Waals surface area contributed by atoms with Gasteiger partial charge in [-0.1, -0.05) is 36.8 Å². The lowest BCUT2D eigenvalue weighted by atomic mass is 9.95. The van der Waals surface area contributed by atoms with Crippen molar-refractivity contribution in [3.63, 3.8) is 0 Å². The van der Waals surface area contributed by atoms with Crippen LogP contribution in [0.25, 0.3) is 16.8 Å². The van der Waals surface area contributed by atoms with E-state index in [0.29, 0.717) is 12.0 Å². The SMILES string of the molecule is CCc1nnnn1-c1cc(C(=O)N[C@H](C)CN2CCOCC2)cc(-c2ccc(C)cc2)c1C. The molecule has 2 aromatic carbocycles. The van der Waals surface area contributed by atoms with E-state index in [0.717, 1.165) is 61.1 Å². The van der Waals surface area contributed by atoms with Crippen LogP contribution in [0.4, 0.5) is 0 Å². The van der Waals surface area contributed by atoms with Crippen LogP contribution in [-0.4, -0.2) is 69.9 Å². The number of carbonyl (C=O) groups excluding carboxylic acids is 1. The van der Waals surface area contributed by atoms with E-state index in [1.165, 1.54) is 5.56 Å². The summed E-state index contributed by atoms with van der Waals surface area (Å²) in [6, 6.07) is 12.2. The number of morpholine rings is 1.